The Hall–Kier alpha value is -3.62. The normalized spacial score (nSPS) is 16.9. The topological polar surface area (TPSA) is 64.8 Å². The van der Waals surface area contributed by atoms with Gasteiger partial charge in [-0.05, 0) is 48.5 Å². The minimum absolute atomic E-state index is 0.225. The molecule has 2 saturated heterocycles. The lowest BCUT2D eigenvalue weighted by molar-refractivity contribution is 0.623. The molecule has 2 fully saturated rings. The molecule has 2 aromatic carbocycles. The van der Waals surface area contributed by atoms with Crippen LogP contribution in [0.1, 0.15) is 0 Å². The van der Waals surface area contributed by atoms with Crippen LogP contribution >= 0.6 is 0 Å². The van der Waals surface area contributed by atoms with Gasteiger partial charge in [-0.1, -0.05) is 0 Å². The first-order chi connectivity index (χ1) is 16.1. The maximum absolute atomic E-state index is 13.2. The van der Waals surface area contributed by atoms with E-state index in [1.807, 2.05) is 24.3 Å². The zero-order valence-corrected chi connectivity index (χ0v) is 18.4. The summed E-state index contributed by atoms with van der Waals surface area (Å²) in [5.74, 6) is 1.08. The lowest BCUT2D eigenvalue weighted by Gasteiger charge is -2.39. The quantitative estimate of drug-likeness (QED) is 0.654. The minimum atomic E-state index is -0.225. The van der Waals surface area contributed by atoms with Gasteiger partial charge >= 0.3 is 0 Å². The summed E-state index contributed by atoms with van der Waals surface area (Å²) < 4.78 is 26.4. The van der Waals surface area contributed by atoms with Crippen LogP contribution in [0.5, 0.6) is 0 Å². The molecule has 7 nitrogen and oxygen atoms in total. The third-order valence-electron chi connectivity index (χ3n) is 6.38. The van der Waals surface area contributed by atoms with Gasteiger partial charge in [-0.25, -0.2) is 18.7 Å². The van der Waals surface area contributed by atoms with Crippen LogP contribution < -0.4 is 25.3 Å². The van der Waals surface area contributed by atoms with Gasteiger partial charge in [0.15, 0.2) is 11.6 Å². The molecular formula is C24H27F2N7. The first-order valence-electron chi connectivity index (χ1n) is 11.2. The molecule has 2 aliphatic rings. The summed E-state index contributed by atoms with van der Waals surface area (Å²) >= 11 is 0. The number of benzene rings is 2. The highest BCUT2D eigenvalue weighted by molar-refractivity contribution is 5.76. The van der Waals surface area contributed by atoms with Crippen LogP contribution in [0.15, 0.2) is 54.9 Å². The third-order valence-corrected chi connectivity index (χ3v) is 6.38. The maximum Gasteiger partial charge on any atom is 0.157 e. The number of nitrogen functional groups attached to an aromatic ring is 1. The van der Waals surface area contributed by atoms with Crippen molar-refractivity contribution in [2.24, 2.45) is 0 Å². The van der Waals surface area contributed by atoms with E-state index in [-0.39, 0.29) is 11.6 Å². The van der Waals surface area contributed by atoms with Gasteiger partial charge in [0.25, 0.3) is 0 Å². The molecule has 2 N–H and O–H groups in total. The van der Waals surface area contributed by atoms with Crippen LogP contribution in [0, 0.1) is 11.6 Å². The number of hydrogen-bond donors (Lipinski definition) is 1. The molecule has 5 rings (SSSR count). The van der Waals surface area contributed by atoms with Crippen molar-refractivity contribution in [2.75, 3.05) is 77.7 Å². The summed E-state index contributed by atoms with van der Waals surface area (Å²) in [4.78, 5) is 17.8. The fourth-order valence-corrected chi connectivity index (χ4v) is 4.54. The molecular weight excluding hydrogens is 424 g/mol. The zero-order valence-electron chi connectivity index (χ0n) is 18.4. The molecule has 1 aromatic heterocycles. The Kier molecular flexibility index (Phi) is 5.85. The molecule has 0 amide bonds. The Bertz CT molecular complexity index is 991. The van der Waals surface area contributed by atoms with Crippen molar-refractivity contribution in [1.82, 2.24) is 9.97 Å². The number of halogens is 2. The van der Waals surface area contributed by atoms with Gasteiger partial charge in [0, 0.05) is 63.7 Å². The lowest BCUT2D eigenvalue weighted by atomic mass is 10.2. The molecule has 0 aliphatic carbocycles. The van der Waals surface area contributed by atoms with Gasteiger partial charge in [0.1, 0.15) is 23.6 Å². The van der Waals surface area contributed by atoms with Crippen LogP contribution in [0.4, 0.5) is 37.5 Å². The summed E-state index contributed by atoms with van der Waals surface area (Å²) in [5, 5.41) is 0. The van der Waals surface area contributed by atoms with E-state index in [0.717, 1.165) is 75.4 Å². The SMILES string of the molecule is Nc1c(N2CCN(c3ccc(F)cc3)CC2)ncnc1N1CCN(c2ccc(F)cc2)CC1. The molecule has 3 heterocycles. The van der Waals surface area contributed by atoms with E-state index in [2.05, 4.69) is 29.6 Å². The molecule has 172 valence electrons. The smallest absolute Gasteiger partial charge is 0.157 e. The van der Waals surface area contributed by atoms with Gasteiger partial charge in [0.2, 0.25) is 0 Å². The molecule has 0 spiro atoms. The van der Waals surface area contributed by atoms with Gasteiger partial charge in [0.05, 0.1) is 0 Å². The molecule has 0 radical (unpaired) electrons. The Balaban J connectivity index is 1.23. The Morgan fingerprint density at radius 3 is 1.24 bits per heavy atom. The summed E-state index contributed by atoms with van der Waals surface area (Å²) in [5.41, 5.74) is 9.19. The van der Waals surface area contributed by atoms with Crippen LogP contribution in [0.2, 0.25) is 0 Å². The molecule has 2 aliphatic heterocycles. The highest BCUT2D eigenvalue weighted by Crippen LogP contribution is 2.31. The minimum Gasteiger partial charge on any atom is -0.393 e. The lowest BCUT2D eigenvalue weighted by Crippen LogP contribution is -2.48. The number of aromatic nitrogens is 2. The number of hydrogen-bond acceptors (Lipinski definition) is 7. The summed E-state index contributed by atoms with van der Waals surface area (Å²) in [6.45, 7) is 6.32. The average Bonchev–Trinajstić information content (AvgIpc) is 2.86. The molecule has 3 aromatic rings. The maximum atomic E-state index is 13.2. The molecule has 9 heteroatoms. The van der Waals surface area contributed by atoms with E-state index >= 15 is 0 Å². The second-order valence-corrected chi connectivity index (χ2v) is 8.34. The standard InChI is InChI=1S/C24H27F2N7/c25-18-1-5-20(6-2-18)30-9-13-32(14-10-30)23-22(27)24(29-17-28-23)33-15-11-31(12-16-33)21-7-3-19(26)4-8-21/h1-8,17H,9-16,27H2. The van der Waals surface area contributed by atoms with Gasteiger partial charge in [-0.15, -0.1) is 0 Å². The highest BCUT2D eigenvalue weighted by Gasteiger charge is 2.25. The molecule has 0 unspecified atom stereocenters. The Labute approximate surface area is 192 Å². The van der Waals surface area contributed by atoms with Crippen molar-refractivity contribution in [2.45, 2.75) is 0 Å². The van der Waals surface area contributed by atoms with Crippen molar-refractivity contribution in [3.63, 3.8) is 0 Å². The second kappa shape index (κ2) is 9.09. The van der Waals surface area contributed by atoms with E-state index < -0.39 is 0 Å². The monoisotopic (exact) mass is 451 g/mol. The van der Waals surface area contributed by atoms with Crippen molar-refractivity contribution < 1.29 is 8.78 Å². The zero-order chi connectivity index (χ0) is 22.8. The predicted molar refractivity (Wildman–Crippen MR) is 128 cm³/mol. The Morgan fingerprint density at radius 2 is 0.879 bits per heavy atom. The number of anilines is 5. The van der Waals surface area contributed by atoms with Gasteiger partial charge in [-0.3, -0.25) is 0 Å². The summed E-state index contributed by atoms with van der Waals surface area (Å²) in [7, 11) is 0. The van der Waals surface area contributed by atoms with E-state index in [4.69, 9.17) is 5.73 Å². The van der Waals surface area contributed by atoms with E-state index in [1.165, 1.54) is 24.3 Å². The number of nitrogens with zero attached hydrogens (tertiary/aromatic N) is 6. The van der Waals surface area contributed by atoms with Crippen LogP contribution in [0.3, 0.4) is 0 Å². The summed E-state index contributed by atoms with van der Waals surface area (Å²) in [6.07, 6.45) is 1.58. The van der Waals surface area contributed by atoms with E-state index in [9.17, 15) is 8.78 Å². The molecule has 0 bridgehead atoms. The van der Waals surface area contributed by atoms with Crippen molar-refractivity contribution in [1.29, 1.82) is 0 Å². The fourth-order valence-electron chi connectivity index (χ4n) is 4.54. The van der Waals surface area contributed by atoms with E-state index in [0.29, 0.717) is 5.69 Å². The predicted octanol–water partition coefficient (Wildman–Crippen LogP) is 2.99. The van der Waals surface area contributed by atoms with Crippen LogP contribution in [-0.2, 0) is 0 Å². The van der Waals surface area contributed by atoms with Crippen LogP contribution in [-0.4, -0.2) is 62.3 Å². The van der Waals surface area contributed by atoms with Crippen molar-refractivity contribution in [3.05, 3.63) is 66.5 Å². The first-order valence-corrected chi connectivity index (χ1v) is 11.2. The Morgan fingerprint density at radius 1 is 0.545 bits per heavy atom. The second-order valence-electron chi connectivity index (χ2n) is 8.34. The highest BCUT2D eigenvalue weighted by atomic mass is 19.1. The largest absolute Gasteiger partial charge is 0.393 e. The number of rotatable bonds is 4. The van der Waals surface area contributed by atoms with Gasteiger partial charge in [-0.2, -0.15) is 0 Å². The molecule has 33 heavy (non-hydrogen) atoms. The molecule has 0 atom stereocenters. The van der Waals surface area contributed by atoms with Crippen molar-refractivity contribution >= 4 is 28.7 Å². The fraction of sp³-hybridized carbons (Fsp3) is 0.333. The molecule has 0 saturated carbocycles. The van der Waals surface area contributed by atoms with Gasteiger partial charge < -0.3 is 25.3 Å². The van der Waals surface area contributed by atoms with E-state index in [1.54, 1.807) is 6.33 Å². The number of piperazine rings is 2. The third kappa shape index (κ3) is 4.48. The number of nitrogens with two attached hydrogens (primary N) is 1. The van der Waals surface area contributed by atoms with Crippen LogP contribution in [0.25, 0.3) is 0 Å². The van der Waals surface area contributed by atoms with Crippen molar-refractivity contribution in [3.8, 4) is 0 Å². The summed E-state index contributed by atoms with van der Waals surface area (Å²) in [6, 6.07) is 13.2. The first kappa shape index (κ1) is 21.2. The average molecular weight is 452 g/mol.